The Morgan fingerprint density at radius 1 is 0.615 bits per heavy atom. The third-order valence-corrected chi connectivity index (χ3v) is 5.46. The first-order valence-electron chi connectivity index (χ1n) is 8.57. The molecule has 0 aliphatic rings. The molecule has 130 valence electrons. The highest BCUT2D eigenvalue weighted by Crippen LogP contribution is 2.42. The number of hydrogen-bond acceptors (Lipinski definition) is 2. The Morgan fingerprint density at radius 2 is 1.04 bits per heavy atom. The van der Waals surface area contributed by atoms with Gasteiger partial charge >= 0.3 is 0 Å². The lowest BCUT2D eigenvalue weighted by Crippen LogP contribution is -2.04. The van der Waals surface area contributed by atoms with Crippen LogP contribution in [0.2, 0.25) is 0 Å². The minimum absolute atomic E-state index is 0.0721. The van der Waals surface area contributed by atoms with Gasteiger partial charge in [0.15, 0.2) is 5.25 Å². The lowest BCUT2D eigenvalue weighted by molar-refractivity contribution is 0.406. The van der Waals surface area contributed by atoms with Crippen molar-refractivity contribution in [1.82, 2.24) is 0 Å². The van der Waals surface area contributed by atoms with Crippen LogP contribution in [0.15, 0.2) is 72.8 Å². The molecule has 0 saturated carbocycles. The maximum Gasteiger partial charge on any atom is 0.172 e. The number of benzene rings is 4. The molecule has 0 aromatic heterocycles. The largest absolute Gasteiger partial charge is 0.496 e. The van der Waals surface area contributed by atoms with E-state index in [0.717, 1.165) is 22.6 Å². The van der Waals surface area contributed by atoms with Crippen molar-refractivity contribution in [3.63, 3.8) is 0 Å². The summed E-state index contributed by atoms with van der Waals surface area (Å²) in [5.41, 5.74) is 2.22. The third-order valence-electron chi connectivity index (χ3n) is 4.88. The summed E-state index contributed by atoms with van der Waals surface area (Å²) in [6, 6.07) is 25.0. The fourth-order valence-corrected chi connectivity index (χ4v) is 4.24. The van der Waals surface area contributed by atoms with Crippen molar-refractivity contribution in [2.45, 2.75) is 5.25 Å². The van der Waals surface area contributed by atoms with Crippen LogP contribution >= 0.6 is 0 Å². The van der Waals surface area contributed by atoms with Gasteiger partial charge in [-0.25, -0.2) is 0 Å². The SMILES string of the molecule is COc1ccc2ccccc2c1C([SH2+])c1c(OC)ccc2ccccc12. The van der Waals surface area contributed by atoms with Crippen LogP contribution in [0.25, 0.3) is 21.5 Å². The fourth-order valence-electron chi connectivity index (χ4n) is 3.65. The molecule has 26 heavy (non-hydrogen) atoms. The number of hydrogen-bond donors (Lipinski definition) is 0. The first-order chi connectivity index (χ1) is 12.7. The van der Waals surface area contributed by atoms with E-state index in [1.54, 1.807) is 14.2 Å². The van der Waals surface area contributed by atoms with Crippen molar-refractivity contribution in [3.05, 3.63) is 83.9 Å². The van der Waals surface area contributed by atoms with Crippen molar-refractivity contribution < 1.29 is 9.47 Å². The molecule has 0 N–H and O–H groups in total. The van der Waals surface area contributed by atoms with Gasteiger partial charge < -0.3 is 9.47 Å². The molecule has 0 aliphatic carbocycles. The van der Waals surface area contributed by atoms with Gasteiger partial charge in [-0.2, -0.15) is 0 Å². The quantitative estimate of drug-likeness (QED) is 0.470. The molecule has 4 rings (SSSR count). The van der Waals surface area contributed by atoms with Crippen LogP contribution in [0.4, 0.5) is 0 Å². The topological polar surface area (TPSA) is 18.5 Å². The van der Waals surface area contributed by atoms with E-state index in [4.69, 9.17) is 9.47 Å². The van der Waals surface area contributed by atoms with E-state index >= 15 is 0 Å². The van der Waals surface area contributed by atoms with E-state index in [0.29, 0.717) is 0 Å². The lowest BCUT2D eigenvalue weighted by Gasteiger charge is -2.18. The van der Waals surface area contributed by atoms with Crippen LogP contribution in [0.3, 0.4) is 0 Å². The molecular formula is C23H21O2S+. The molecule has 0 heterocycles. The van der Waals surface area contributed by atoms with Crippen molar-refractivity contribution in [2.75, 3.05) is 14.2 Å². The highest BCUT2D eigenvalue weighted by Gasteiger charge is 2.27. The Labute approximate surface area is 158 Å². The molecule has 0 radical (unpaired) electrons. The molecule has 0 aliphatic heterocycles. The highest BCUT2D eigenvalue weighted by atomic mass is 32.1. The first kappa shape index (κ1) is 16.8. The van der Waals surface area contributed by atoms with Gasteiger partial charge in [0.2, 0.25) is 0 Å². The summed E-state index contributed by atoms with van der Waals surface area (Å²) < 4.78 is 11.4. The van der Waals surface area contributed by atoms with E-state index in [1.165, 1.54) is 21.5 Å². The molecule has 0 spiro atoms. The van der Waals surface area contributed by atoms with Gasteiger partial charge in [0.1, 0.15) is 11.5 Å². The van der Waals surface area contributed by atoms with Gasteiger partial charge in [-0.1, -0.05) is 60.7 Å². The van der Waals surface area contributed by atoms with Gasteiger partial charge in [0, 0.05) is 0 Å². The molecule has 0 saturated heterocycles. The molecule has 2 nitrogen and oxygen atoms in total. The van der Waals surface area contributed by atoms with Gasteiger partial charge in [-0.05, 0) is 46.3 Å². The summed E-state index contributed by atoms with van der Waals surface area (Å²) in [6.07, 6.45) is 0. The summed E-state index contributed by atoms with van der Waals surface area (Å²) in [4.78, 5) is 0. The van der Waals surface area contributed by atoms with Gasteiger partial charge in [0.05, 0.1) is 25.3 Å². The van der Waals surface area contributed by atoms with E-state index < -0.39 is 0 Å². The van der Waals surface area contributed by atoms with Crippen molar-refractivity contribution >= 4 is 34.2 Å². The van der Waals surface area contributed by atoms with E-state index in [-0.39, 0.29) is 5.25 Å². The van der Waals surface area contributed by atoms with Crippen LogP contribution in [0, 0.1) is 0 Å². The Balaban J connectivity index is 2.04. The summed E-state index contributed by atoms with van der Waals surface area (Å²) in [5, 5.41) is 4.64. The molecule has 4 aromatic rings. The fraction of sp³-hybridized carbons (Fsp3) is 0.130. The maximum absolute atomic E-state index is 5.71. The number of methoxy groups -OCH3 is 2. The van der Waals surface area contributed by atoms with E-state index in [1.807, 2.05) is 12.1 Å². The van der Waals surface area contributed by atoms with E-state index in [9.17, 15) is 0 Å². The minimum Gasteiger partial charge on any atom is -0.496 e. The summed E-state index contributed by atoms with van der Waals surface area (Å²) in [7, 11) is 3.43. The van der Waals surface area contributed by atoms with Crippen LogP contribution in [-0.4, -0.2) is 14.2 Å². The molecule has 3 heteroatoms. The summed E-state index contributed by atoms with van der Waals surface area (Å²) >= 11 is 4.02. The Hall–Kier alpha value is -2.65. The second kappa shape index (κ2) is 6.93. The van der Waals surface area contributed by atoms with Crippen LogP contribution < -0.4 is 9.47 Å². The van der Waals surface area contributed by atoms with E-state index in [2.05, 4.69) is 73.3 Å². The second-order valence-electron chi connectivity index (χ2n) is 6.24. The molecule has 0 amide bonds. The van der Waals surface area contributed by atoms with Crippen molar-refractivity contribution in [1.29, 1.82) is 0 Å². The Morgan fingerprint density at radius 3 is 1.46 bits per heavy atom. The molecule has 0 bridgehead atoms. The number of fused-ring (bicyclic) bond motifs is 2. The van der Waals surface area contributed by atoms with Crippen LogP contribution in [0.5, 0.6) is 11.5 Å². The predicted molar refractivity (Wildman–Crippen MR) is 113 cm³/mol. The molecule has 4 aromatic carbocycles. The summed E-state index contributed by atoms with van der Waals surface area (Å²) in [6.45, 7) is 0. The Bertz CT molecular complexity index is 1000. The van der Waals surface area contributed by atoms with Gasteiger partial charge in [0.25, 0.3) is 0 Å². The minimum atomic E-state index is -0.0721. The van der Waals surface area contributed by atoms with Crippen LogP contribution in [-0.2, 0) is 12.6 Å². The lowest BCUT2D eigenvalue weighted by atomic mass is 9.93. The number of rotatable bonds is 4. The van der Waals surface area contributed by atoms with Gasteiger partial charge in [-0.15, -0.1) is 0 Å². The smallest absolute Gasteiger partial charge is 0.172 e. The molecular weight excluding hydrogens is 340 g/mol. The second-order valence-corrected chi connectivity index (χ2v) is 6.82. The molecule has 0 unspecified atom stereocenters. The first-order valence-corrected chi connectivity index (χ1v) is 9.14. The average Bonchev–Trinajstić information content (AvgIpc) is 2.71. The zero-order valence-electron chi connectivity index (χ0n) is 14.8. The number of ether oxygens (including phenoxy) is 2. The summed E-state index contributed by atoms with van der Waals surface area (Å²) in [5.74, 6) is 1.72. The van der Waals surface area contributed by atoms with Crippen molar-refractivity contribution in [3.8, 4) is 11.5 Å². The van der Waals surface area contributed by atoms with Crippen LogP contribution in [0.1, 0.15) is 16.4 Å². The predicted octanol–water partition coefficient (Wildman–Crippen LogP) is 5.11. The molecule has 0 atom stereocenters. The normalized spacial score (nSPS) is 11.2. The van der Waals surface area contributed by atoms with Crippen molar-refractivity contribution in [2.24, 2.45) is 0 Å². The molecule has 0 fully saturated rings. The third kappa shape index (κ3) is 2.69. The zero-order valence-corrected chi connectivity index (χ0v) is 15.8. The van der Waals surface area contributed by atoms with Gasteiger partial charge in [-0.3, -0.25) is 0 Å². The Kier molecular flexibility index (Phi) is 4.48. The maximum atomic E-state index is 5.71. The highest BCUT2D eigenvalue weighted by molar-refractivity contribution is 7.59. The standard InChI is InChI=1S/C23H20O2S/c1-24-19-13-11-15-7-3-5-9-17(15)21(19)23(26)22-18-10-6-4-8-16(18)12-14-20(22)25-2/h3-14,23,26H,1-2H3/p+1. The monoisotopic (exact) mass is 361 g/mol. The average molecular weight is 361 g/mol. The zero-order chi connectivity index (χ0) is 18.1.